The molecule has 10 heteroatoms. The minimum absolute atomic E-state index is 0.00135. The van der Waals surface area contributed by atoms with E-state index in [-0.39, 0.29) is 35.8 Å². The predicted molar refractivity (Wildman–Crippen MR) is 104 cm³/mol. The van der Waals surface area contributed by atoms with Crippen molar-refractivity contribution in [2.24, 2.45) is 0 Å². The van der Waals surface area contributed by atoms with Gasteiger partial charge in [-0.25, -0.2) is 18.0 Å². The zero-order valence-electron chi connectivity index (χ0n) is 16.7. The third kappa shape index (κ3) is 4.58. The molecule has 0 atom stereocenters. The molecular weight excluding hydrogens is 400 g/mol. The van der Waals surface area contributed by atoms with Gasteiger partial charge in [-0.1, -0.05) is 0 Å². The monoisotopic (exact) mass is 424 g/mol. The Kier molecular flexibility index (Phi) is 6.37. The molecule has 1 heterocycles. The predicted octanol–water partition coefficient (Wildman–Crippen LogP) is 1.89. The summed E-state index contributed by atoms with van der Waals surface area (Å²) in [6.07, 6.45) is 0.00356. The van der Waals surface area contributed by atoms with Gasteiger partial charge in [-0.3, -0.25) is 9.69 Å². The summed E-state index contributed by atoms with van der Waals surface area (Å²) in [6.45, 7) is 3.24. The van der Waals surface area contributed by atoms with Crippen LogP contribution in [0.3, 0.4) is 0 Å². The van der Waals surface area contributed by atoms with Gasteiger partial charge in [0.05, 0.1) is 12.0 Å². The van der Waals surface area contributed by atoms with Gasteiger partial charge >= 0.3 is 12.0 Å². The third-order valence-corrected chi connectivity index (χ3v) is 6.44. The molecule has 29 heavy (non-hydrogen) atoms. The topological polar surface area (TPSA) is 121 Å². The number of rotatable bonds is 8. The molecule has 0 aromatic heterocycles. The van der Waals surface area contributed by atoms with Crippen LogP contribution in [0.5, 0.6) is 5.75 Å². The lowest BCUT2D eigenvalue weighted by molar-refractivity contribution is -0.132. The maximum atomic E-state index is 12.5. The number of hydrogen-bond donors (Lipinski definition) is 1. The zero-order valence-corrected chi connectivity index (χ0v) is 17.5. The minimum Gasteiger partial charge on any atom is -0.497 e. The van der Waals surface area contributed by atoms with Gasteiger partial charge in [0, 0.05) is 24.6 Å². The zero-order chi connectivity index (χ0) is 22.0. The highest BCUT2D eigenvalue weighted by Crippen LogP contribution is 2.26. The number of ether oxygens (including phenoxy) is 1. The first kappa shape index (κ1) is 22.4. The SMILES string of the molecule is COc1ccc(S(=O)(=O)C=C(CCCN2C(=O)N(C)C(C)(C)C2=O)C(=O)O)cc1. The summed E-state index contributed by atoms with van der Waals surface area (Å²) in [7, 11) is -1.02. The fourth-order valence-electron chi connectivity index (χ4n) is 2.84. The number of hydrogen-bond acceptors (Lipinski definition) is 6. The fourth-order valence-corrected chi connectivity index (χ4v) is 4.09. The molecule has 9 nitrogen and oxygen atoms in total. The number of sulfone groups is 1. The highest BCUT2D eigenvalue weighted by Gasteiger charge is 2.48. The van der Waals surface area contributed by atoms with Crippen LogP contribution < -0.4 is 4.74 Å². The Morgan fingerprint density at radius 1 is 1.21 bits per heavy atom. The number of imide groups is 1. The molecule has 1 N–H and O–H groups in total. The van der Waals surface area contributed by atoms with Crippen molar-refractivity contribution in [2.75, 3.05) is 20.7 Å². The molecular formula is C19H24N2O7S. The Morgan fingerprint density at radius 3 is 2.24 bits per heavy atom. The van der Waals surface area contributed by atoms with E-state index in [4.69, 9.17) is 4.74 Å². The number of carbonyl (C=O) groups is 3. The van der Waals surface area contributed by atoms with E-state index in [1.807, 2.05) is 0 Å². The molecule has 0 bridgehead atoms. The van der Waals surface area contributed by atoms with Crippen LogP contribution in [-0.4, -0.2) is 67.5 Å². The largest absolute Gasteiger partial charge is 0.497 e. The van der Waals surface area contributed by atoms with Crippen molar-refractivity contribution >= 4 is 27.7 Å². The molecule has 1 aromatic carbocycles. The average Bonchev–Trinajstić information content (AvgIpc) is 2.81. The Labute approximate surface area is 169 Å². The lowest BCUT2D eigenvalue weighted by Crippen LogP contribution is -2.41. The molecule has 1 aromatic rings. The number of benzene rings is 1. The van der Waals surface area contributed by atoms with Crippen LogP contribution >= 0.6 is 0 Å². The van der Waals surface area contributed by atoms with Crippen LogP contribution in [0.25, 0.3) is 0 Å². The third-order valence-electron chi connectivity index (χ3n) is 4.91. The minimum atomic E-state index is -3.98. The van der Waals surface area contributed by atoms with Gasteiger partial charge in [0.1, 0.15) is 11.3 Å². The van der Waals surface area contributed by atoms with Crippen LogP contribution in [0.2, 0.25) is 0 Å². The maximum Gasteiger partial charge on any atom is 0.332 e. The molecule has 0 saturated carbocycles. The molecule has 0 spiro atoms. The van der Waals surface area contributed by atoms with Gasteiger partial charge in [0.15, 0.2) is 9.84 Å². The summed E-state index contributed by atoms with van der Waals surface area (Å²) in [5.74, 6) is -1.28. The van der Waals surface area contributed by atoms with Gasteiger partial charge in [0.25, 0.3) is 5.91 Å². The van der Waals surface area contributed by atoms with Crippen LogP contribution in [0.15, 0.2) is 40.1 Å². The standard InChI is InChI=1S/C19H24N2O7S/c1-19(2)17(24)21(18(25)20(19)3)11-5-6-13(16(22)23)12-29(26,27)15-9-7-14(28-4)8-10-15/h7-10,12H,5-6,11H2,1-4H3,(H,22,23). The van der Waals surface area contributed by atoms with E-state index in [1.165, 1.54) is 43.3 Å². The molecule has 1 saturated heterocycles. The first-order chi connectivity index (χ1) is 13.4. The Morgan fingerprint density at radius 2 is 1.79 bits per heavy atom. The van der Waals surface area contributed by atoms with Crippen molar-refractivity contribution in [2.45, 2.75) is 37.1 Å². The number of likely N-dealkylation sites (N-methyl/N-ethyl adjacent to an activating group) is 1. The smallest absolute Gasteiger partial charge is 0.332 e. The Hall–Kier alpha value is -2.88. The molecule has 2 rings (SSSR count). The number of carbonyl (C=O) groups excluding carboxylic acids is 2. The first-order valence-corrected chi connectivity index (χ1v) is 10.4. The highest BCUT2D eigenvalue weighted by atomic mass is 32.2. The van der Waals surface area contributed by atoms with E-state index in [0.717, 1.165) is 4.90 Å². The molecule has 158 valence electrons. The van der Waals surface area contributed by atoms with Crippen LogP contribution in [0, 0.1) is 0 Å². The van der Waals surface area contributed by atoms with Gasteiger partial charge in [-0.15, -0.1) is 0 Å². The number of aliphatic carboxylic acids is 1. The summed E-state index contributed by atoms with van der Waals surface area (Å²) >= 11 is 0. The quantitative estimate of drug-likeness (QED) is 0.499. The van der Waals surface area contributed by atoms with E-state index < -0.39 is 27.4 Å². The van der Waals surface area contributed by atoms with Crippen molar-refractivity contribution in [1.82, 2.24) is 9.80 Å². The van der Waals surface area contributed by atoms with Crippen LogP contribution in [0.1, 0.15) is 26.7 Å². The number of methoxy groups -OCH3 is 1. The van der Waals surface area contributed by atoms with Gasteiger partial charge in [-0.05, 0) is 51.0 Å². The van der Waals surface area contributed by atoms with Gasteiger partial charge in [-0.2, -0.15) is 0 Å². The van der Waals surface area contributed by atoms with Crippen molar-refractivity contribution in [1.29, 1.82) is 0 Å². The van der Waals surface area contributed by atoms with Crippen molar-refractivity contribution in [3.05, 3.63) is 35.2 Å². The Bertz CT molecular complexity index is 949. The summed E-state index contributed by atoms with van der Waals surface area (Å²) in [4.78, 5) is 38.4. The normalized spacial score (nSPS) is 17.0. The van der Waals surface area contributed by atoms with Gasteiger partial charge in [0.2, 0.25) is 0 Å². The molecule has 1 aliphatic rings. The van der Waals surface area contributed by atoms with Gasteiger partial charge < -0.3 is 14.7 Å². The maximum absolute atomic E-state index is 12.5. The summed E-state index contributed by atoms with van der Waals surface area (Å²) in [5, 5.41) is 10.1. The van der Waals surface area contributed by atoms with E-state index >= 15 is 0 Å². The summed E-state index contributed by atoms with van der Waals surface area (Å²) < 4.78 is 30.0. The molecule has 1 fully saturated rings. The lowest BCUT2D eigenvalue weighted by Gasteiger charge is -2.22. The van der Waals surface area contributed by atoms with Crippen molar-refractivity contribution < 1.29 is 32.6 Å². The lowest BCUT2D eigenvalue weighted by atomic mass is 10.0. The average molecular weight is 424 g/mol. The molecule has 0 unspecified atom stereocenters. The number of amides is 3. The number of nitrogens with zero attached hydrogens (tertiary/aromatic N) is 2. The second kappa shape index (κ2) is 8.24. The van der Waals surface area contributed by atoms with E-state index in [0.29, 0.717) is 11.2 Å². The van der Waals surface area contributed by atoms with Crippen LogP contribution in [0.4, 0.5) is 4.79 Å². The summed E-state index contributed by atoms with van der Waals surface area (Å²) in [6, 6.07) is 5.10. The van der Waals surface area contributed by atoms with Crippen LogP contribution in [-0.2, 0) is 19.4 Å². The first-order valence-electron chi connectivity index (χ1n) is 8.84. The van der Waals surface area contributed by atoms with E-state index in [9.17, 15) is 27.9 Å². The highest BCUT2D eigenvalue weighted by molar-refractivity contribution is 7.94. The van der Waals surface area contributed by atoms with Crippen molar-refractivity contribution in [3.63, 3.8) is 0 Å². The molecule has 3 amide bonds. The second-order valence-electron chi connectivity index (χ2n) is 7.13. The number of carboxylic acids is 1. The molecule has 0 aliphatic carbocycles. The van der Waals surface area contributed by atoms with E-state index in [2.05, 4.69) is 0 Å². The number of carboxylic acid groups (broad SMARTS) is 1. The van der Waals surface area contributed by atoms with E-state index in [1.54, 1.807) is 13.8 Å². The summed E-state index contributed by atoms with van der Waals surface area (Å²) in [5.41, 5.74) is -1.30. The Balaban J connectivity index is 2.13. The molecule has 0 radical (unpaired) electrons. The van der Waals surface area contributed by atoms with Crippen molar-refractivity contribution in [3.8, 4) is 5.75 Å². The molecule has 1 aliphatic heterocycles. The number of urea groups is 1. The fraction of sp³-hybridized carbons (Fsp3) is 0.421. The second-order valence-corrected chi connectivity index (χ2v) is 8.93.